The van der Waals surface area contributed by atoms with Gasteiger partial charge in [0, 0.05) is 44.1 Å². The lowest BCUT2D eigenvalue weighted by Crippen LogP contribution is -2.35. The molecule has 2 aromatic heterocycles. The van der Waals surface area contributed by atoms with Crippen LogP contribution in [-0.4, -0.2) is 39.5 Å². The lowest BCUT2D eigenvalue weighted by atomic mass is 10.1. The normalized spacial score (nSPS) is 24.6. The summed E-state index contributed by atoms with van der Waals surface area (Å²) in [4.78, 5) is 7.30. The van der Waals surface area contributed by atoms with Gasteiger partial charge in [0.05, 0.1) is 5.69 Å². The Bertz CT molecular complexity index is 628. The summed E-state index contributed by atoms with van der Waals surface area (Å²) in [5.41, 5.74) is 3.52. The first kappa shape index (κ1) is 17.5. The number of pyridine rings is 1. The number of fused-ring (bicyclic) bond motifs is 3. The van der Waals surface area contributed by atoms with E-state index < -0.39 is 0 Å². The number of rotatable bonds is 2. The zero-order valence-electron chi connectivity index (χ0n) is 12.9. The number of nitrogens with zero attached hydrogens (tertiary/aromatic N) is 3. The molecule has 0 spiro atoms. The highest BCUT2D eigenvalue weighted by Gasteiger charge is 2.29. The minimum absolute atomic E-state index is 0. The van der Waals surface area contributed by atoms with Crippen LogP contribution >= 0.6 is 24.8 Å². The highest BCUT2D eigenvalue weighted by atomic mass is 35.5. The molecule has 2 atom stereocenters. The third-order valence-electron chi connectivity index (χ3n) is 4.64. The highest BCUT2D eigenvalue weighted by Crippen LogP contribution is 2.21. The molecule has 2 aliphatic rings. The second-order valence-electron chi connectivity index (χ2n) is 6.37. The van der Waals surface area contributed by atoms with Gasteiger partial charge in [0.15, 0.2) is 0 Å². The Hall–Kier alpha value is -0.810. The van der Waals surface area contributed by atoms with E-state index in [1.54, 1.807) is 0 Å². The van der Waals surface area contributed by atoms with E-state index in [4.69, 9.17) is 4.98 Å². The van der Waals surface area contributed by atoms with Gasteiger partial charge in [-0.25, -0.2) is 4.98 Å². The number of aromatic nitrogens is 2. The van der Waals surface area contributed by atoms with E-state index in [9.17, 15) is 0 Å². The maximum atomic E-state index is 4.74. The van der Waals surface area contributed by atoms with Crippen molar-refractivity contribution in [3.05, 3.63) is 35.8 Å². The minimum Gasteiger partial charge on any atom is -0.310 e. The molecule has 1 N–H and O–H groups in total. The van der Waals surface area contributed by atoms with Gasteiger partial charge in [-0.1, -0.05) is 6.07 Å². The second kappa shape index (κ2) is 7.18. The first-order valence-corrected chi connectivity index (χ1v) is 7.69. The lowest BCUT2D eigenvalue weighted by Gasteiger charge is -2.22. The van der Waals surface area contributed by atoms with Crippen molar-refractivity contribution in [1.29, 1.82) is 0 Å². The molecule has 0 aliphatic carbocycles. The van der Waals surface area contributed by atoms with Gasteiger partial charge in [0.25, 0.3) is 0 Å². The van der Waals surface area contributed by atoms with Crippen LogP contribution in [0.4, 0.5) is 0 Å². The van der Waals surface area contributed by atoms with E-state index in [-0.39, 0.29) is 24.8 Å². The van der Waals surface area contributed by atoms with E-state index >= 15 is 0 Å². The fraction of sp³-hybridized carbons (Fsp3) is 0.562. The van der Waals surface area contributed by atoms with Crippen molar-refractivity contribution in [3.8, 4) is 0 Å². The minimum atomic E-state index is 0. The van der Waals surface area contributed by atoms with Gasteiger partial charge in [-0.2, -0.15) is 0 Å². The predicted molar refractivity (Wildman–Crippen MR) is 94.3 cm³/mol. The van der Waals surface area contributed by atoms with Crippen molar-refractivity contribution in [2.24, 2.45) is 0 Å². The van der Waals surface area contributed by atoms with Crippen LogP contribution in [0.5, 0.6) is 0 Å². The Kier molecular flexibility index (Phi) is 5.72. The molecule has 0 aromatic carbocycles. The third-order valence-corrected chi connectivity index (χ3v) is 4.64. The van der Waals surface area contributed by atoms with Crippen LogP contribution in [0.2, 0.25) is 0 Å². The Morgan fingerprint density at radius 1 is 1.14 bits per heavy atom. The largest absolute Gasteiger partial charge is 0.310 e. The molecule has 2 unspecified atom stereocenters. The second-order valence-corrected chi connectivity index (χ2v) is 6.37. The molecule has 2 aromatic rings. The SMILES string of the molecule is Cc1ccc2nc(CN3CCC4CCC(C3)N4)cn2c1.Cl.Cl. The van der Waals surface area contributed by atoms with Crippen molar-refractivity contribution in [2.75, 3.05) is 13.1 Å². The van der Waals surface area contributed by atoms with Gasteiger partial charge >= 0.3 is 0 Å². The molecule has 4 heterocycles. The Morgan fingerprint density at radius 2 is 1.95 bits per heavy atom. The van der Waals surface area contributed by atoms with Crippen LogP contribution in [0, 0.1) is 6.92 Å². The van der Waals surface area contributed by atoms with Crippen LogP contribution in [0.25, 0.3) is 5.65 Å². The summed E-state index contributed by atoms with van der Waals surface area (Å²) < 4.78 is 2.15. The van der Waals surface area contributed by atoms with Crippen molar-refractivity contribution in [2.45, 2.75) is 44.8 Å². The molecule has 0 radical (unpaired) electrons. The smallest absolute Gasteiger partial charge is 0.137 e. The average Bonchev–Trinajstić information content (AvgIpc) is 2.95. The number of imidazole rings is 1. The summed E-state index contributed by atoms with van der Waals surface area (Å²) in [6.07, 6.45) is 8.32. The summed E-state index contributed by atoms with van der Waals surface area (Å²) in [5.74, 6) is 0. The molecule has 2 fully saturated rings. The van der Waals surface area contributed by atoms with Gasteiger partial charge in [-0.05, 0) is 37.8 Å². The number of hydrogen-bond donors (Lipinski definition) is 1. The van der Waals surface area contributed by atoms with Crippen LogP contribution in [0.3, 0.4) is 0 Å². The number of halogens is 2. The molecule has 122 valence electrons. The summed E-state index contributed by atoms with van der Waals surface area (Å²) in [6, 6.07) is 5.68. The molecule has 4 nitrogen and oxygen atoms in total. The van der Waals surface area contributed by atoms with Gasteiger partial charge in [0.2, 0.25) is 0 Å². The van der Waals surface area contributed by atoms with Crippen molar-refractivity contribution < 1.29 is 0 Å². The summed E-state index contributed by atoms with van der Waals surface area (Å²) in [6.45, 7) is 5.46. The van der Waals surface area contributed by atoms with E-state index in [2.05, 4.69) is 46.1 Å². The van der Waals surface area contributed by atoms with E-state index in [1.165, 1.54) is 43.6 Å². The zero-order chi connectivity index (χ0) is 13.5. The Morgan fingerprint density at radius 3 is 2.82 bits per heavy atom. The molecular weight excluding hydrogens is 319 g/mol. The fourth-order valence-electron chi connectivity index (χ4n) is 3.62. The van der Waals surface area contributed by atoms with E-state index in [0.717, 1.165) is 18.2 Å². The highest BCUT2D eigenvalue weighted by molar-refractivity contribution is 5.85. The molecular formula is C16H24Cl2N4. The van der Waals surface area contributed by atoms with Crippen molar-refractivity contribution >= 4 is 30.5 Å². The third kappa shape index (κ3) is 3.57. The molecule has 22 heavy (non-hydrogen) atoms. The van der Waals surface area contributed by atoms with E-state index in [1.807, 2.05) is 0 Å². The van der Waals surface area contributed by atoms with Crippen molar-refractivity contribution in [1.82, 2.24) is 19.6 Å². The molecule has 6 heteroatoms. The first-order chi connectivity index (χ1) is 9.76. The average molecular weight is 343 g/mol. The predicted octanol–water partition coefficient (Wildman–Crippen LogP) is 2.81. The molecule has 0 saturated carbocycles. The molecule has 4 rings (SSSR count). The standard InChI is InChI=1S/C16H22N4.2ClH/c1-12-2-5-16-18-15(11-20(16)8-12)10-19-7-6-13-3-4-14(9-19)17-13;;/h2,5,8,11,13-14,17H,3-4,6-7,9-10H2,1H3;2*1H. The summed E-state index contributed by atoms with van der Waals surface area (Å²) >= 11 is 0. The Labute approximate surface area is 144 Å². The lowest BCUT2D eigenvalue weighted by molar-refractivity contribution is 0.248. The molecule has 0 amide bonds. The quantitative estimate of drug-likeness (QED) is 0.910. The van der Waals surface area contributed by atoms with Crippen LogP contribution in [0.1, 0.15) is 30.5 Å². The monoisotopic (exact) mass is 342 g/mol. The maximum Gasteiger partial charge on any atom is 0.137 e. The van der Waals surface area contributed by atoms with Crippen LogP contribution in [-0.2, 0) is 6.54 Å². The number of hydrogen-bond acceptors (Lipinski definition) is 3. The summed E-state index contributed by atoms with van der Waals surface area (Å²) in [5, 5.41) is 3.74. The zero-order valence-corrected chi connectivity index (χ0v) is 14.5. The number of likely N-dealkylation sites (tertiary alicyclic amines) is 1. The van der Waals surface area contributed by atoms with E-state index in [0.29, 0.717) is 6.04 Å². The first-order valence-electron chi connectivity index (χ1n) is 7.69. The topological polar surface area (TPSA) is 32.6 Å². The van der Waals surface area contributed by atoms with Gasteiger partial charge < -0.3 is 9.72 Å². The number of nitrogens with one attached hydrogen (secondary N) is 1. The maximum absolute atomic E-state index is 4.74. The Balaban J connectivity index is 0.000000882. The number of aryl methyl sites for hydroxylation is 1. The molecule has 2 aliphatic heterocycles. The fourth-order valence-corrected chi connectivity index (χ4v) is 3.62. The van der Waals surface area contributed by atoms with Gasteiger partial charge in [-0.3, -0.25) is 4.90 Å². The summed E-state index contributed by atoms with van der Waals surface area (Å²) in [7, 11) is 0. The molecule has 2 bridgehead atoms. The van der Waals surface area contributed by atoms with Crippen molar-refractivity contribution in [3.63, 3.8) is 0 Å². The van der Waals surface area contributed by atoms with Crippen LogP contribution in [0.15, 0.2) is 24.5 Å². The van der Waals surface area contributed by atoms with Gasteiger partial charge in [-0.15, -0.1) is 24.8 Å². The van der Waals surface area contributed by atoms with Crippen LogP contribution < -0.4 is 5.32 Å². The molecule has 2 saturated heterocycles. The van der Waals surface area contributed by atoms with Gasteiger partial charge in [0.1, 0.15) is 5.65 Å².